The van der Waals surface area contributed by atoms with Gasteiger partial charge in [0.15, 0.2) is 4.96 Å². The lowest BCUT2D eigenvalue weighted by Gasteiger charge is -2.04. The number of aromatic nitrogens is 3. The van der Waals surface area contributed by atoms with Crippen LogP contribution in [-0.4, -0.2) is 14.4 Å². The summed E-state index contributed by atoms with van der Waals surface area (Å²) in [6.45, 7) is 1.90. The van der Waals surface area contributed by atoms with Gasteiger partial charge in [-0.15, -0.1) is 23.1 Å². The molecule has 0 aliphatic carbocycles. The van der Waals surface area contributed by atoms with Gasteiger partial charge in [-0.1, -0.05) is 0 Å². The van der Waals surface area contributed by atoms with Crippen molar-refractivity contribution >= 4 is 33.7 Å². The molecule has 0 aliphatic rings. The molecule has 2 N–H and O–H groups in total. The fourth-order valence-electron chi connectivity index (χ4n) is 1.85. The maximum Gasteiger partial charge on any atom is 0.258 e. The second-order valence-electron chi connectivity index (χ2n) is 4.28. The summed E-state index contributed by atoms with van der Waals surface area (Å²) in [4.78, 5) is 22.2. The molecule has 0 saturated heterocycles. The van der Waals surface area contributed by atoms with E-state index in [1.54, 1.807) is 34.6 Å². The van der Waals surface area contributed by atoms with Crippen LogP contribution < -0.4 is 11.3 Å². The molecule has 3 heterocycles. The Morgan fingerprint density at radius 1 is 1.50 bits per heavy atom. The molecular formula is C13H12N4OS2. The monoisotopic (exact) mass is 304 g/mol. The zero-order chi connectivity index (χ0) is 14.1. The van der Waals surface area contributed by atoms with Gasteiger partial charge in [0.2, 0.25) is 0 Å². The highest BCUT2D eigenvalue weighted by Crippen LogP contribution is 2.26. The van der Waals surface area contributed by atoms with Crippen LogP contribution in [0.2, 0.25) is 0 Å². The van der Waals surface area contributed by atoms with Gasteiger partial charge in [0, 0.05) is 34.0 Å². The summed E-state index contributed by atoms with van der Waals surface area (Å²) in [5.41, 5.74) is 8.13. The van der Waals surface area contributed by atoms with E-state index in [0.717, 1.165) is 21.2 Å². The minimum atomic E-state index is -0.0351. The Kier molecular flexibility index (Phi) is 3.45. The number of nitrogens with zero attached hydrogens (tertiary/aromatic N) is 3. The third kappa shape index (κ3) is 2.41. The fraction of sp³-hybridized carbons (Fsp3) is 0.154. The van der Waals surface area contributed by atoms with Gasteiger partial charge < -0.3 is 5.73 Å². The first-order valence-electron chi connectivity index (χ1n) is 5.94. The Bertz CT molecular complexity index is 825. The second-order valence-corrected chi connectivity index (χ2v) is 6.14. The fourth-order valence-corrected chi connectivity index (χ4v) is 3.57. The van der Waals surface area contributed by atoms with Crippen molar-refractivity contribution < 1.29 is 0 Å². The predicted molar refractivity (Wildman–Crippen MR) is 82.3 cm³/mol. The lowest BCUT2D eigenvalue weighted by atomic mass is 10.4. The van der Waals surface area contributed by atoms with Crippen LogP contribution in [0.15, 0.2) is 39.6 Å². The summed E-state index contributed by atoms with van der Waals surface area (Å²) in [6, 6.07) is 3.44. The van der Waals surface area contributed by atoms with Crippen LogP contribution in [0.25, 0.3) is 4.96 Å². The lowest BCUT2D eigenvalue weighted by molar-refractivity contribution is 0.997. The summed E-state index contributed by atoms with van der Waals surface area (Å²) in [6.07, 6.45) is 3.32. The Morgan fingerprint density at radius 2 is 2.35 bits per heavy atom. The SMILES string of the molecule is Cc1csc2nc(CSc3ccncc3N)cc(=O)n12. The normalized spacial score (nSPS) is 11.1. The number of aryl methyl sites for hydroxylation is 1. The number of nitrogens with two attached hydrogens (primary N) is 1. The van der Waals surface area contributed by atoms with E-state index in [4.69, 9.17) is 5.73 Å². The van der Waals surface area contributed by atoms with Crippen molar-refractivity contribution in [3.8, 4) is 0 Å². The number of nitrogen functional groups attached to an aromatic ring is 1. The zero-order valence-electron chi connectivity index (χ0n) is 10.7. The Labute approximate surface area is 123 Å². The predicted octanol–water partition coefficient (Wildman–Crippen LogP) is 2.33. The number of pyridine rings is 1. The molecule has 20 heavy (non-hydrogen) atoms. The molecule has 3 aromatic rings. The molecule has 0 atom stereocenters. The summed E-state index contributed by atoms with van der Waals surface area (Å²) in [5.74, 6) is 0.608. The molecule has 0 spiro atoms. The van der Waals surface area contributed by atoms with Crippen LogP contribution in [0.4, 0.5) is 5.69 Å². The average Bonchev–Trinajstić information content (AvgIpc) is 2.80. The van der Waals surface area contributed by atoms with E-state index in [1.807, 2.05) is 18.4 Å². The molecule has 7 heteroatoms. The lowest BCUT2D eigenvalue weighted by Crippen LogP contribution is -2.14. The van der Waals surface area contributed by atoms with E-state index in [-0.39, 0.29) is 5.56 Å². The van der Waals surface area contributed by atoms with E-state index in [1.165, 1.54) is 11.3 Å². The van der Waals surface area contributed by atoms with Crippen LogP contribution in [0, 0.1) is 6.92 Å². The molecule has 3 aromatic heterocycles. The van der Waals surface area contributed by atoms with Crippen molar-refractivity contribution in [3.05, 3.63) is 51.6 Å². The third-order valence-corrected chi connectivity index (χ3v) is 4.88. The summed E-state index contributed by atoms with van der Waals surface area (Å²) < 4.78 is 1.62. The topological polar surface area (TPSA) is 73.3 Å². The highest BCUT2D eigenvalue weighted by molar-refractivity contribution is 7.98. The number of thioether (sulfide) groups is 1. The van der Waals surface area contributed by atoms with Gasteiger partial charge >= 0.3 is 0 Å². The van der Waals surface area contributed by atoms with Crippen molar-refractivity contribution in [1.82, 2.24) is 14.4 Å². The number of thiazole rings is 1. The molecule has 0 saturated carbocycles. The maximum atomic E-state index is 12.0. The largest absolute Gasteiger partial charge is 0.397 e. The van der Waals surface area contributed by atoms with Crippen LogP contribution in [0.1, 0.15) is 11.4 Å². The third-order valence-electron chi connectivity index (χ3n) is 2.81. The molecule has 0 amide bonds. The Balaban J connectivity index is 1.89. The summed E-state index contributed by atoms with van der Waals surface area (Å²) in [7, 11) is 0. The van der Waals surface area contributed by atoms with E-state index in [9.17, 15) is 4.79 Å². The zero-order valence-corrected chi connectivity index (χ0v) is 12.4. The molecule has 5 nitrogen and oxygen atoms in total. The number of anilines is 1. The molecule has 0 unspecified atom stereocenters. The summed E-state index contributed by atoms with van der Waals surface area (Å²) >= 11 is 3.03. The molecule has 0 radical (unpaired) electrons. The van der Waals surface area contributed by atoms with E-state index in [0.29, 0.717) is 11.4 Å². The number of rotatable bonds is 3. The molecule has 0 aliphatic heterocycles. The quantitative estimate of drug-likeness (QED) is 0.752. The molecule has 0 aromatic carbocycles. The molecule has 102 valence electrons. The standard InChI is InChI=1S/C13H12N4OS2/c1-8-6-20-13-16-9(4-12(18)17(8)13)7-19-11-2-3-15-5-10(11)14/h2-6H,7,14H2,1H3. The van der Waals surface area contributed by atoms with Crippen LogP contribution >= 0.6 is 23.1 Å². The van der Waals surface area contributed by atoms with Crippen LogP contribution in [-0.2, 0) is 5.75 Å². The maximum absolute atomic E-state index is 12.0. The number of fused-ring (bicyclic) bond motifs is 1. The Hall–Kier alpha value is -1.86. The Morgan fingerprint density at radius 3 is 3.15 bits per heavy atom. The smallest absolute Gasteiger partial charge is 0.258 e. The van der Waals surface area contributed by atoms with Gasteiger partial charge in [-0.3, -0.25) is 14.2 Å². The van der Waals surface area contributed by atoms with Crippen LogP contribution in [0.5, 0.6) is 0 Å². The van der Waals surface area contributed by atoms with Crippen molar-refractivity contribution in [2.45, 2.75) is 17.6 Å². The first-order valence-corrected chi connectivity index (χ1v) is 7.81. The first-order chi connectivity index (χ1) is 9.65. The van der Waals surface area contributed by atoms with Crippen molar-refractivity contribution in [1.29, 1.82) is 0 Å². The minimum Gasteiger partial charge on any atom is -0.397 e. The summed E-state index contributed by atoms with van der Waals surface area (Å²) in [5, 5.41) is 1.93. The number of hydrogen-bond donors (Lipinski definition) is 1. The molecule has 0 fully saturated rings. The first kappa shape index (κ1) is 13.1. The van der Waals surface area contributed by atoms with Gasteiger partial charge in [-0.25, -0.2) is 4.98 Å². The molecular weight excluding hydrogens is 292 g/mol. The van der Waals surface area contributed by atoms with E-state index in [2.05, 4.69) is 9.97 Å². The van der Waals surface area contributed by atoms with Gasteiger partial charge in [0.05, 0.1) is 17.6 Å². The van der Waals surface area contributed by atoms with Crippen LogP contribution in [0.3, 0.4) is 0 Å². The highest BCUT2D eigenvalue weighted by Gasteiger charge is 2.07. The van der Waals surface area contributed by atoms with Crippen molar-refractivity contribution in [2.75, 3.05) is 5.73 Å². The molecule has 3 rings (SSSR count). The van der Waals surface area contributed by atoms with E-state index < -0.39 is 0 Å². The van der Waals surface area contributed by atoms with Crippen molar-refractivity contribution in [3.63, 3.8) is 0 Å². The van der Waals surface area contributed by atoms with E-state index >= 15 is 0 Å². The minimum absolute atomic E-state index is 0.0351. The van der Waals surface area contributed by atoms with Gasteiger partial charge in [-0.2, -0.15) is 0 Å². The van der Waals surface area contributed by atoms with Gasteiger partial charge in [0.1, 0.15) is 0 Å². The average molecular weight is 304 g/mol. The molecule has 0 bridgehead atoms. The van der Waals surface area contributed by atoms with Crippen molar-refractivity contribution in [2.24, 2.45) is 0 Å². The van der Waals surface area contributed by atoms with Gasteiger partial charge in [-0.05, 0) is 13.0 Å². The highest BCUT2D eigenvalue weighted by atomic mass is 32.2. The van der Waals surface area contributed by atoms with Gasteiger partial charge in [0.25, 0.3) is 5.56 Å². The number of hydrogen-bond acceptors (Lipinski definition) is 6. The second kappa shape index (κ2) is 5.26.